The summed E-state index contributed by atoms with van der Waals surface area (Å²) < 4.78 is 28.3. The van der Waals surface area contributed by atoms with E-state index >= 15 is 0 Å². The van der Waals surface area contributed by atoms with Gasteiger partial charge in [0.05, 0.1) is 32.3 Å². The summed E-state index contributed by atoms with van der Waals surface area (Å²) in [5, 5.41) is 0. The smallest absolute Gasteiger partial charge is 0.312 e. The van der Waals surface area contributed by atoms with Gasteiger partial charge < -0.3 is 23.7 Å². The standard InChI is InChI=1S/C29H26O7/c1-16(2)34-22-11-7-18(14-24(22)33-4)21-15-26(30)35-23-12-10-20-28(31)25(36-29(20)27(21)23)13-17-5-8-19(32-3)9-6-17/h5-14,16,21H,15H2,1-4H3/b25-13-. The zero-order valence-corrected chi connectivity index (χ0v) is 20.5. The molecule has 1 unspecified atom stereocenters. The molecule has 1 atom stereocenters. The van der Waals surface area contributed by atoms with Crippen molar-refractivity contribution < 1.29 is 33.3 Å². The van der Waals surface area contributed by atoms with E-state index in [1.165, 1.54) is 0 Å². The Balaban J connectivity index is 1.56. The molecule has 0 saturated heterocycles. The second kappa shape index (κ2) is 9.41. The Hall–Kier alpha value is -4.26. The van der Waals surface area contributed by atoms with Crippen LogP contribution in [0.2, 0.25) is 0 Å². The van der Waals surface area contributed by atoms with E-state index in [0.29, 0.717) is 34.1 Å². The summed E-state index contributed by atoms with van der Waals surface area (Å²) in [5.41, 5.74) is 2.73. The van der Waals surface area contributed by atoms with Crippen molar-refractivity contribution in [3.05, 3.63) is 82.6 Å². The molecule has 2 aliphatic rings. The largest absolute Gasteiger partial charge is 0.497 e. The molecule has 5 rings (SSSR count). The first-order chi connectivity index (χ1) is 17.4. The van der Waals surface area contributed by atoms with Crippen LogP contribution in [0.4, 0.5) is 0 Å². The average molecular weight is 487 g/mol. The molecule has 0 fully saturated rings. The number of methoxy groups -OCH3 is 2. The third-order valence-corrected chi connectivity index (χ3v) is 6.15. The molecule has 0 bridgehead atoms. The van der Waals surface area contributed by atoms with Crippen LogP contribution in [0.25, 0.3) is 6.08 Å². The van der Waals surface area contributed by atoms with E-state index in [1.807, 2.05) is 56.3 Å². The fourth-order valence-electron chi connectivity index (χ4n) is 4.49. The van der Waals surface area contributed by atoms with Crippen LogP contribution in [-0.2, 0) is 4.79 Å². The van der Waals surface area contributed by atoms with Crippen LogP contribution in [0, 0.1) is 0 Å². The maximum absolute atomic E-state index is 13.2. The number of hydrogen-bond donors (Lipinski definition) is 0. The van der Waals surface area contributed by atoms with Gasteiger partial charge >= 0.3 is 5.97 Å². The van der Waals surface area contributed by atoms with Gasteiger partial charge in [0.1, 0.15) is 17.2 Å². The van der Waals surface area contributed by atoms with Crippen LogP contribution in [0.5, 0.6) is 28.7 Å². The quantitative estimate of drug-likeness (QED) is 0.257. The third kappa shape index (κ3) is 4.28. The molecular formula is C29H26O7. The molecule has 3 aromatic carbocycles. The lowest BCUT2D eigenvalue weighted by Crippen LogP contribution is -2.21. The molecule has 0 aliphatic carbocycles. The minimum atomic E-state index is -0.383. The summed E-state index contributed by atoms with van der Waals surface area (Å²) in [7, 11) is 3.17. The lowest BCUT2D eigenvalue weighted by Gasteiger charge is -2.27. The number of benzene rings is 3. The molecule has 0 N–H and O–H groups in total. The number of carbonyl (C=O) groups excluding carboxylic acids is 2. The fraction of sp³-hybridized carbons (Fsp3) is 0.241. The van der Waals surface area contributed by atoms with Gasteiger partial charge in [-0.05, 0) is 67.4 Å². The normalized spacial score (nSPS) is 17.4. The van der Waals surface area contributed by atoms with Crippen molar-refractivity contribution in [1.82, 2.24) is 0 Å². The van der Waals surface area contributed by atoms with Crippen LogP contribution in [-0.4, -0.2) is 32.1 Å². The number of ketones is 1. The fourth-order valence-corrected chi connectivity index (χ4v) is 4.49. The predicted octanol–water partition coefficient (Wildman–Crippen LogP) is 5.55. The summed E-state index contributed by atoms with van der Waals surface area (Å²) in [4.78, 5) is 25.7. The van der Waals surface area contributed by atoms with Crippen molar-refractivity contribution >= 4 is 17.8 Å². The van der Waals surface area contributed by atoms with E-state index in [0.717, 1.165) is 16.9 Å². The van der Waals surface area contributed by atoms with Crippen LogP contribution < -0.4 is 23.7 Å². The van der Waals surface area contributed by atoms with Gasteiger partial charge in [-0.25, -0.2) is 0 Å². The highest BCUT2D eigenvalue weighted by atomic mass is 16.5. The van der Waals surface area contributed by atoms with Gasteiger partial charge in [-0.2, -0.15) is 0 Å². The Morgan fingerprint density at radius 2 is 1.69 bits per heavy atom. The van der Waals surface area contributed by atoms with Crippen molar-refractivity contribution in [2.45, 2.75) is 32.3 Å². The number of Topliss-reactive ketones (excluding diaryl/α,β-unsaturated/α-hetero) is 1. The Morgan fingerprint density at radius 3 is 2.39 bits per heavy atom. The first kappa shape index (κ1) is 23.5. The summed E-state index contributed by atoms with van der Waals surface area (Å²) in [6.07, 6.45) is 1.78. The van der Waals surface area contributed by atoms with E-state index in [2.05, 4.69) is 0 Å². The summed E-state index contributed by atoms with van der Waals surface area (Å²) in [6, 6.07) is 16.2. The maximum Gasteiger partial charge on any atom is 0.312 e. The van der Waals surface area contributed by atoms with E-state index in [-0.39, 0.29) is 36.0 Å². The van der Waals surface area contributed by atoms with Crippen molar-refractivity contribution in [1.29, 1.82) is 0 Å². The lowest BCUT2D eigenvalue weighted by atomic mass is 9.84. The summed E-state index contributed by atoms with van der Waals surface area (Å²) in [6.45, 7) is 3.88. The van der Waals surface area contributed by atoms with Gasteiger partial charge in [0.15, 0.2) is 17.3 Å². The van der Waals surface area contributed by atoms with Crippen LogP contribution in [0.15, 0.2) is 60.4 Å². The molecule has 0 spiro atoms. The number of esters is 1. The van der Waals surface area contributed by atoms with E-state index in [1.54, 1.807) is 32.4 Å². The summed E-state index contributed by atoms with van der Waals surface area (Å²) >= 11 is 0. The number of hydrogen-bond acceptors (Lipinski definition) is 7. The van der Waals surface area contributed by atoms with Crippen LogP contribution in [0.3, 0.4) is 0 Å². The van der Waals surface area contributed by atoms with Gasteiger partial charge in [0.25, 0.3) is 0 Å². The van der Waals surface area contributed by atoms with Crippen molar-refractivity contribution in [2.24, 2.45) is 0 Å². The zero-order valence-electron chi connectivity index (χ0n) is 20.5. The molecule has 184 valence electrons. The maximum atomic E-state index is 13.2. The number of ether oxygens (including phenoxy) is 5. The Labute approximate surface area is 209 Å². The molecule has 7 heteroatoms. The van der Waals surface area contributed by atoms with Gasteiger partial charge in [-0.3, -0.25) is 9.59 Å². The molecular weight excluding hydrogens is 460 g/mol. The first-order valence-corrected chi connectivity index (χ1v) is 11.7. The third-order valence-electron chi connectivity index (χ3n) is 6.15. The Bertz CT molecular complexity index is 1370. The molecule has 2 heterocycles. The van der Waals surface area contributed by atoms with E-state index in [4.69, 9.17) is 23.7 Å². The number of rotatable bonds is 6. The summed E-state index contributed by atoms with van der Waals surface area (Å²) in [5.74, 6) is 1.94. The molecule has 0 saturated carbocycles. The minimum absolute atomic E-state index is 0.0197. The Morgan fingerprint density at radius 1 is 0.917 bits per heavy atom. The highest BCUT2D eigenvalue weighted by Crippen LogP contribution is 2.49. The van der Waals surface area contributed by atoms with Crippen molar-refractivity contribution in [3.63, 3.8) is 0 Å². The second-order valence-corrected chi connectivity index (χ2v) is 8.87. The van der Waals surface area contributed by atoms with Gasteiger partial charge in [-0.1, -0.05) is 18.2 Å². The minimum Gasteiger partial charge on any atom is -0.497 e. The topological polar surface area (TPSA) is 80.3 Å². The SMILES string of the molecule is COc1ccc(/C=C2\Oc3c(ccc4c3C(c3ccc(OC(C)C)c(OC)c3)CC(=O)O4)C2=O)cc1. The van der Waals surface area contributed by atoms with Gasteiger partial charge in [0.2, 0.25) is 5.78 Å². The van der Waals surface area contributed by atoms with Gasteiger partial charge in [0, 0.05) is 11.5 Å². The van der Waals surface area contributed by atoms with Crippen molar-refractivity contribution in [2.75, 3.05) is 14.2 Å². The number of allylic oxidation sites excluding steroid dienone is 1. The molecule has 7 nitrogen and oxygen atoms in total. The molecule has 2 aliphatic heterocycles. The van der Waals surface area contributed by atoms with Gasteiger partial charge in [-0.15, -0.1) is 0 Å². The Kier molecular flexibility index (Phi) is 6.14. The molecule has 0 radical (unpaired) electrons. The molecule has 3 aromatic rings. The average Bonchev–Trinajstić information content (AvgIpc) is 3.18. The lowest BCUT2D eigenvalue weighted by molar-refractivity contribution is -0.135. The number of fused-ring (bicyclic) bond motifs is 3. The highest BCUT2D eigenvalue weighted by molar-refractivity contribution is 6.15. The molecule has 0 amide bonds. The zero-order chi connectivity index (χ0) is 25.4. The van der Waals surface area contributed by atoms with Crippen LogP contribution >= 0.6 is 0 Å². The van der Waals surface area contributed by atoms with Crippen molar-refractivity contribution in [3.8, 4) is 28.7 Å². The molecule has 0 aromatic heterocycles. The van der Waals surface area contributed by atoms with E-state index in [9.17, 15) is 9.59 Å². The molecule has 36 heavy (non-hydrogen) atoms. The highest BCUT2D eigenvalue weighted by Gasteiger charge is 2.38. The number of carbonyl (C=O) groups is 2. The first-order valence-electron chi connectivity index (χ1n) is 11.7. The van der Waals surface area contributed by atoms with Crippen LogP contribution in [0.1, 0.15) is 53.2 Å². The predicted molar refractivity (Wildman–Crippen MR) is 133 cm³/mol. The monoisotopic (exact) mass is 486 g/mol. The second-order valence-electron chi connectivity index (χ2n) is 8.87. The van der Waals surface area contributed by atoms with E-state index < -0.39 is 0 Å².